The first-order valence-corrected chi connectivity index (χ1v) is 8.26. The average molecular weight is 333 g/mol. The van der Waals surface area contributed by atoms with E-state index in [0.717, 1.165) is 30.8 Å². The van der Waals surface area contributed by atoms with Gasteiger partial charge in [0.25, 0.3) is 5.91 Å². The van der Waals surface area contributed by atoms with Crippen LogP contribution in [-0.4, -0.2) is 40.6 Å². The summed E-state index contributed by atoms with van der Waals surface area (Å²) < 4.78 is 0. The number of aromatic nitrogens is 2. The van der Waals surface area contributed by atoms with Crippen molar-refractivity contribution in [3.05, 3.63) is 41.0 Å². The second-order valence-corrected chi connectivity index (χ2v) is 6.61. The number of halogens is 1. The molecule has 0 aliphatic carbocycles. The van der Waals surface area contributed by atoms with Gasteiger partial charge in [-0.1, -0.05) is 30.7 Å². The van der Waals surface area contributed by atoms with Crippen LogP contribution in [0.4, 0.5) is 0 Å². The van der Waals surface area contributed by atoms with E-state index < -0.39 is 0 Å². The van der Waals surface area contributed by atoms with Crippen LogP contribution in [0.15, 0.2) is 30.5 Å². The highest BCUT2D eigenvalue weighted by molar-refractivity contribution is 6.30. The van der Waals surface area contributed by atoms with E-state index in [4.69, 9.17) is 17.3 Å². The van der Waals surface area contributed by atoms with E-state index in [9.17, 15) is 4.79 Å². The molecule has 1 saturated heterocycles. The predicted octanol–water partition coefficient (Wildman–Crippen LogP) is 2.79. The molecule has 0 saturated carbocycles. The van der Waals surface area contributed by atoms with Crippen molar-refractivity contribution in [1.29, 1.82) is 0 Å². The molecule has 5 nitrogen and oxygen atoms in total. The zero-order valence-electron chi connectivity index (χ0n) is 13.1. The molecule has 1 aromatic heterocycles. The molecule has 6 heteroatoms. The fourth-order valence-corrected chi connectivity index (χ4v) is 3.31. The monoisotopic (exact) mass is 332 g/mol. The Bertz CT molecular complexity index is 682. The Kier molecular flexibility index (Phi) is 4.68. The summed E-state index contributed by atoms with van der Waals surface area (Å²) in [6, 6.07) is 7.38. The number of hydrogen-bond acceptors (Lipinski definition) is 3. The lowest BCUT2D eigenvalue weighted by molar-refractivity contribution is 0.0620. The first-order valence-electron chi connectivity index (χ1n) is 7.88. The number of amides is 1. The summed E-state index contributed by atoms with van der Waals surface area (Å²) in [6.07, 6.45) is 2.56. The van der Waals surface area contributed by atoms with Crippen molar-refractivity contribution in [2.45, 2.75) is 13.3 Å². The molecule has 0 bridgehead atoms. The maximum absolute atomic E-state index is 12.9. The zero-order chi connectivity index (χ0) is 16.4. The number of nitrogens with two attached hydrogens (primary N) is 1. The summed E-state index contributed by atoms with van der Waals surface area (Å²) in [5, 5.41) is 7.66. The molecule has 3 rings (SSSR count). The minimum Gasteiger partial charge on any atom is -0.338 e. The molecule has 3 N–H and O–H groups in total. The Hall–Kier alpha value is -1.85. The topological polar surface area (TPSA) is 75.0 Å². The summed E-state index contributed by atoms with van der Waals surface area (Å²) in [6.45, 7) is 4.33. The SMILES string of the molecule is CC1CN(C(=O)c2cn[nH]c2-c2ccc(Cl)cc2)CCC1CN. The molecule has 2 heterocycles. The second-order valence-electron chi connectivity index (χ2n) is 6.18. The maximum Gasteiger partial charge on any atom is 0.257 e. The second kappa shape index (κ2) is 6.72. The number of rotatable bonds is 3. The number of likely N-dealkylation sites (tertiary alicyclic amines) is 1. The number of hydrogen-bond donors (Lipinski definition) is 2. The molecule has 1 aromatic carbocycles. The van der Waals surface area contributed by atoms with Gasteiger partial charge in [-0.05, 0) is 36.9 Å². The lowest BCUT2D eigenvalue weighted by Gasteiger charge is -2.36. The van der Waals surface area contributed by atoms with E-state index >= 15 is 0 Å². The molecule has 1 amide bonds. The number of carbonyl (C=O) groups is 1. The van der Waals surface area contributed by atoms with Gasteiger partial charge in [0.2, 0.25) is 0 Å². The molecule has 1 aliphatic rings. The molecule has 1 fully saturated rings. The van der Waals surface area contributed by atoms with Crippen LogP contribution in [0.3, 0.4) is 0 Å². The number of benzene rings is 1. The molecule has 0 spiro atoms. The third-order valence-corrected chi connectivity index (χ3v) is 4.93. The standard InChI is InChI=1S/C17H21ClN4O/c1-11-10-22(7-6-13(11)8-19)17(23)15-9-20-21-16(15)12-2-4-14(18)5-3-12/h2-5,9,11,13H,6-8,10,19H2,1H3,(H,20,21). The Morgan fingerprint density at radius 2 is 2.17 bits per heavy atom. The molecule has 122 valence electrons. The van der Waals surface area contributed by atoms with E-state index in [1.807, 2.05) is 17.0 Å². The van der Waals surface area contributed by atoms with Crippen LogP contribution in [0.5, 0.6) is 0 Å². The van der Waals surface area contributed by atoms with Gasteiger partial charge in [-0.2, -0.15) is 5.10 Å². The lowest BCUT2D eigenvalue weighted by Crippen LogP contribution is -2.44. The van der Waals surface area contributed by atoms with Crippen molar-refractivity contribution in [3.8, 4) is 11.3 Å². The number of nitrogens with zero attached hydrogens (tertiary/aromatic N) is 2. The van der Waals surface area contributed by atoms with Crippen LogP contribution in [0.2, 0.25) is 5.02 Å². The summed E-state index contributed by atoms with van der Waals surface area (Å²) >= 11 is 5.93. The normalized spacial score (nSPS) is 21.4. The molecule has 2 aromatic rings. The summed E-state index contributed by atoms with van der Waals surface area (Å²) in [5.74, 6) is 0.939. The van der Waals surface area contributed by atoms with Crippen LogP contribution >= 0.6 is 11.6 Å². The molecule has 23 heavy (non-hydrogen) atoms. The maximum atomic E-state index is 12.9. The summed E-state index contributed by atoms with van der Waals surface area (Å²) in [4.78, 5) is 14.8. The van der Waals surface area contributed by atoms with Gasteiger partial charge < -0.3 is 10.6 Å². The van der Waals surface area contributed by atoms with Crippen molar-refractivity contribution >= 4 is 17.5 Å². The van der Waals surface area contributed by atoms with Gasteiger partial charge in [-0.15, -0.1) is 0 Å². The van der Waals surface area contributed by atoms with Crippen molar-refractivity contribution in [2.75, 3.05) is 19.6 Å². The number of piperidine rings is 1. The minimum atomic E-state index is 0.0195. The van der Waals surface area contributed by atoms with Gasteiger partial charge in [0.15, 0.2) is 0 Å². The Balaban J connectivity index is 1.81. The molecule has 2 atom stereocenters. The van der Waals surface area contributed by atoms with Gasteiger partial charge in [-0.25, -0.2) is 0 Å². The Morgan fingerprint density at radius 3 is 2.83 bits per heavy atom. The highest BCUT2D eigenvalue weighted by atomic mass is 35.5. The van der Waals surface area contributed by atoms with Gasteiger partial charge >= 0.3 is 0 Å². The first kappa shape index (κ1) is 16.0. The van der Waals surface area contributed by atoms with Crippen molar-refractivity contribution in [1.82, 2.24) is 15.1 Å². The number of aromatic amines is 1. The van der Waals surface area contributed by atoms with Crippen LogP contribution in [0.1, 0.15) is 23.7 Å². The van der Waals surface area contributed by atoms with E-state index in [1.54, 1.807) is 18.3 Å². The molecular formula is C17H21ClN4O. The number of nitrogens with one attached hydrogen (secondary N) is 1. The van der Waals surface area contributed by atoms with Gasteiger partial charge in [0, 0.05) is 23.7 Å². The van der Waals surface area contributed by atoms with Crippen molar-refractivity contribution < 1.29 is 4.79 Å². The molecule has 2 unspecified atom stereocenters. The number of H-pyrrole nitrogens is 1. The molecule has 0 radical (unpaired) electrons. The van der Waals surface area contributed by atoms with E-state index in [0.29, 0.717) is 29.0 Å². The average Bonchev–Trinajstić information content (AvgIpc) is 3.04. The van der Waals surface area contributed by atoms with E-state index in [2.05, 4.69) is 17.1 Å². The van der Waals surface area contributed by atoms with Gasteiger partial charge in [-0.3, -0.25) is 9.89 Å². The summed E-state index contributed by atoms with van der Waals surface area (Å²) in [7, 11) is 0. The quantitative estimate of drug-likeness (QED) is 0.907. The van der Waals surface area contributed by atoms with Gasteiger partial charge in [0.05, 0.1) is 17.5 Å². The van der Waals surface area contributed by atoms with Crippen LogP contribution in [0.25, 0.3) is 11.3 Å². The van der Waals surface area contributed by atoms with Crippen molar-refractivity contribution in [3.63, 3.8) is 0 Å². The first-order chi connectivity index (χ1) is 11.1. The molecular weight excluding hydrogens is 312 g/mol. The van der Waals surface area contributed by atoms with Crippen LogP contribution in [0, 0.1) is 11.8 Å². The Labute approximate surface area is 140 Å². The highest BCUT2D eigenvalue weighted by Gasteiger charge is 2.29. The largest absolute Gasteiger partial charge is 0.338 e. The predicted molar refractivity (Wildman–Crippen MR) is 91.3 cm³/mol. The van der Waals surface area contributed by atoms with Crippen LogP contribution in [-0.2, 0) is 0 Å². The fourth-order valence-electron chi connectivity index (χ4n) is 3.18. The van der Waals surface area contributed by atoms with Crippen molar-refractivity contribution in [2.24, 2.45) is 17.6 Å². The summed E-state index contributed by atoms with van der Waals surface area (Å²) in [5.41, 5.74) is 8.03. The third kappa shape index (κ3) is 3.26. The zero-order valence-corrected chi connectivity index (χ0v) is 13.9. The molecule has 1 aliphatic heterocycles. The van der Waals surface area contributed by atoms with E-state index in [-0.39, 0.29) is 5.91 Å². The van der Waals surface area contributed by atoms with Crippen LogP contribution < -0.4 is 5.73 Å². The van der Waals surface area contributed by atoms with Gasteiger partial charge in [0.1, 0.15) is 0 Å². The van der Waals surface area contributed by atoms with E-state index in [1.165, 1.54) is 0 Å². The Morgan fingerprint density at radius 1 is 1.43 bits per heavy atom. The smallest absolute Gasteiger partial charge is 0.257 e. The highest BCUT2D eigenvalue weighted by Crippen LogP contribution is 2.27. The minimum absolute atomic E-state index is 0.0195. The number of carbonyl (C=O) groups excluding carboxylic acids is 1. The lowest BCUT2D eigenvalue weighted by atomic mass is 9.87. The third-order valence-electron chi connectivity index (χ3n) is 4.68. The fraction of sp³-hybridized carbons (Fsp3) is 0.412.